The van der Waals surface area contributed by atoms with Crippen molar-refractivity contribution in [1.29, 1.82) is 0 Å². The van der Waals surface area contributed by atoms with Crippen LogP contribution in [-0.2, 0) is 6.42 Å². The molecule has 0 atom stereocenters. The molecule has 2 N–H and O–H groups in total. The molecule has 6 heteroatoms. The van der Waals surface area contributed by atoms with E-state index in [1.54, 1.807) is 18.2 Å². The second-order valence-electron chi connectivity index (χ2n) is 4.16. The lowest BCUT2D eigenvalue weighted by Gasteiger charge is -2.05. The monoisotopic (exact) mass is 285 g/mol. The fraction of sp³-hybridized carbons (Fsp3) is 0.267. The summed E-state index contributed by atoms with van der Waals surface area (Å²) in [6.45, 7) is 0.408. The van der Waals surface area contributed by atoms with E-state index in [1.807, 2.05) is 6.07 Å². The minimum Gasteiger partial charge on any atom is -0.395 e. The number of carbonyl (C=O) groups excluding carboxylic acids is 1. The topological polar surface area (TPSA) is 88.3 Å². The minimum atomic E-state index is -0.205. The molecule has 1 heterocycles. The number of nitrogens with zero attached hydrogens (tertiary/aromatic N) is 2. The Morgan fingerprint density at radius 1 is 1.38 bits per heavy atom. The summed E-state index contributed by atoms with van der Waals surface area (Å²) in [5.41, 5.74) is 1.15. The van der Waals surface area contributed by atoms with Crippen molar-refractivity contribution in [2.24, 2.45) is 0 Å². The van der Waals surface area contributed by atoms with Gasteiger partial charge in [0.15, 0.2) is 6.33 Å². The zero-order valence-corrected chi connectivity index (χ0v) is 11.4. The smallest absolute Gasteiger partial charge is 0.252 e. The predicted molar refractivity (Wildman–Crippen MR) is 75.4 cm³/mol. The summed E-state index contributed by atoms with van der Waals surface area (Å²) in [5.74, 6) is 5.97. The van der Waals surface area contributed by atoms with Crippen LogP contribution in [0.25, 0.3) is 0 Å². The number of nitrogens with one attached hydrogen (secondary N) is 1. The standard InChI is InChI=1S/C15H15N3O3/c19-10-4-3-6-12-5-1-2-7-13(12)15(20)16-9-8-14-17-11-18-21-14/h1-2,5,7,11,19H,4,8-10H2,(H,16,20). The quantitative estimate of drug-likeness (QED) is 0.792. The highest BCUT2D eigenvalue weighted by molar-refractivity contribution is 5.96. The van der Waals surface area contributed by atoms with Gasteiger partial charge >= 0.3 is 0 Å². The fourth-order valence-electron chi connectivity index (χ4n) is 1.69. The second kappa shape index (κ2) is 7.82. The molecule has 0 spiro atoms. The first-order valence-electron chi connectivity index (χ1n) is 6.54. The van der Waals surface area contributed by atoms with Crippen LogP contribution in [0.3, 0.4) is 0 Å². The van der Waals surface area contributed by atoms with Crippen LogP contribution in [0, 0.1) is 11.8 Å². The van der Waals surface area contributed by atoms with Gasteiger partial charge < -0.3 is 14.9 Å². The summed E-state index contributed by atoms with van der Waals surface area (Å²) in [5, 5.41) is 15.0. The van der Waals surface area contributed by atoms with E-state index < -0.39 is 0 Å². The van der Waals surface area contributed by atoms with Gasteiger partial charge in [0.05, 0.1) is 12.2 Å². The third-order valence-electron chi connectivity index (χ3n) is 2.66. The number of aromatic nitrogens is 2. The van der Waals surface area contributed by atoms with Gasteiger partial charge in [0.25, 0.3) is 5.91 Å². The molecule has 2 rings (SSSR count). The first kappa shape index (κ1) is 14.8. The lowest BCUT2D eigenvalue weighted by Crippen LogP contribution is -2.26. The first-order chi connectivity index (χ1) is 10.3. The lowest BCUT2D eigenvalue weighted by molar-refractivity contribution is 0.0953. The van der Waals surface area contributed by atoms with E-state index in [9.17, 15) is 4.79 Å². The highest BCUT2D eigenvalue weighted by Crippen LogP contribution is 2.07. The summed E-state index contributed by atoms with van der Waals surface area (Å²) < 4.78 is 4.85. The first-order valence-corrected chi connectivity index (χ1v) is 6.54. The normalized spacial score (nSPS) is 9.76. The number of amides is 1. The van der Waals surface area contributed by atoms with Crippen molar-refractivity contribution < 1.29 is 14.4 Å². The van der Waals surface area contributed by atoms with Crippen LogP contribution >= 0.6 is 0 Å². The van der Waals surface area contributed by atoms with Gasteiger partial charge in [-0.05, 0) is 12.1 Å². The third kappa shape index (κ3) is 4.44. The average Bonchev–Trinajstić information content (AvgIpc) is 3.01. The van der Waals surface area contributed by atoms with Crippen LogP contribution in [0.5, 0.6) is 0 Å². The van der Waals surface area contributed by atoms with Crippen LogP contribution in [-0.4, -0.2) is 34.3 Å². The molecule has 0 radical (unpaired) electrons. The Bertz CT molecular complexity index is 642. The highest BCUT2D eigenvalue weighted by Gasteiger charge is 2.09. The molecule has 0 saturated carbocycles. The molecule has 0 saturated heterocycles. The maximum Gasteiger partial charge on any atom is 0.252 e. The van der Waals surface area contributed by atoms with Gasteiger partial charge in [0.1, 0.15) is 0 Å². The number of aliphatic hydroxyl groups is 1. The number of hydrogen-bond donors (Lipinski definition) is 2. The molecule has 1 aromatic heterocycles. The van der Waals surface area contributed by atoms with Crippen molar-refractivity contribution in [1.82, 2.24) is 15.5 Å². The van der Waals surface area contributed by atoms with E-state index in [1.165, 1.54) is 6.33 Å². The Morgan fingerprint density at radius 3 is 3.00 bits per heavy atom. The van der Waals surface area contributed by atoms with Crippen molar-refractivity contribution in [3.63, 3.8) is 0 Å². The van der Waals surface area contributed by atoms with Crippen molar-refractivity contribution >= 4 is 5.91 Å². The summed E-state index contributed by atoms with van der Waals surface area (Å²) in [4.78, 5) is 16.0. The van der Waals surface area contributed by atoms with Gasteiger partial charge in [-0.15, -0.1) is 0 Å². The van der Waals surface area contributed by atoms with E-state index in [4.69, 9.17) is 9.63 Å². The van der Waals surface area contributed by atoms with Gasteiger partial charge in [-0.2, -0.15) is 4.98 Å². The molecule has 1 amide bonds. The van der Waals surface area contributed by atoms with E-state index in [-0.39, 0.29) is 12.5 Å². The van der Waals surface area contributed by atoms with Gasteiger partial charge in [0, 0.05) is 24.9 Å². The van der Waals surface area contributed by atoms with E-state index in [0.29, 0.717) is 36.4 Å². The predicted octanol–water partition coefficient (Wildman–Crippen LogP) is 0.776. The third-order valence-corrected chi connectivity index (χ3v) is 2.66. The van der Waals surface area contributed by atoms with Crippen LogP contribution in [0.2, 0.25) is 0 Å². The number of aliphatic hydroxyl groups excluding tert-OH is 1. The Hall–Kier alpha value is -2.65. The molecule has 21 heavy (non-hydrogen) atoms. The van der Waals surface area contributed by atoms with Crippen LogP contribution in [0.1, 0.15) is 28.2 Å². The van der Waals surface area contributed by atoms with E-state index in [2.05, 4.69) is 27.3 Å². The lowest BCUT2D eigenvalue weighted by atomic mass is 10.1. The van der Waals surface area contributed by atoms with Gasteiger partial charge in [-0.3, -0.25) is 4.79 Å². The molecule has 0 unspecified atom stereocenters. The van der Waals surface area contributed by atoms with Gasteiger partial charge in [-0.1, -0.05) is 29.1 Å². The summed E-state index contributed by atoms with van der Waals surface area (Å²) >= 11 is 0. The van der Waals surface area contributed by atoms with E-state index in [0.717, 1.165) is 0 Å². The molecule has 6 nitrogen and oxygen atoms in total. The number of benzene rings is 1. The summed E-state index contributed by atoms with van der Waals surface area (Å²) in [6, 6.07) is 7.09. The fourth-order valence-corrected chi connectivity index (χ4v) is 1.69. The Labute approximate surface area is 122 Å². The van der Waals surface area contributed by atoms with Crippen molar-refractivity contribution in [3.8, 4) is 11.8 Å². The Balaban J connectivity index is 1.97. The van der Waals surface area contributed by atoms with Crippen LogP contribution in [0.4, 0.5) is 0 Å². The van der Waals surface area contributed by atoms with Gasteiger partial charge in [0.2, 0.25) is 5.89 Å². The molecule has 2 aromatic rings. The molecule has 0 bridgehead atoms. The Morgan fingerprint density at radius 2 is 2.24 bits per heavy atom. The van der Waals surface area contributed by atoms with Crippen LogP contribution < -0.4 is 5.32 Å². The van der Waals surface area contributed by atoms with Crippen molar-refractivity contribution in [3.05, 3.63) is 47.6 Å². The number of carbonyl (C=O) groups is 1. The zero-order chi connectivity index (χ0) is 14.9. The maximum atomic E-state index is 12.1. The second-order valence-corrected chi connectivity index (χ2v) is 4.16. The zero-order valence-electron chi connectivity index (χ0n) is 11.4. The Kier molecular flexibility index (Phi) is 5.50. The molecule has 108 valence electrons. The highest BCUT2D eigenvalue weighted by atomic mass is 16.5. The van der Waals surface area contributed by atoms with Crippen molar-refractivity contribution in [2.75, 3.05) is 13.2 Å². The number of rotatable bonds is 5. The summed E-state index contributed by atoms with van der Waals surface area (Å²) in [7, 11) is 0. The summed E-state index contributed by atoms with van der Waals surface area (Å²) in [6.07, 6.45) is 2.18. The SMILES string of the molecule is O=C(NCCc1ncno1)c1ccccc1C#CCCO. The molecule has 1 aromatic carbocycles. The minimum absolute atomic E-state index is 0.00550. The largest absolute Gasteiger partial charge is 0.395 e. The maximum absolute atomic E-state index is 12.1. The average molecular weight is 285 g/mol. The van der Waals surface area contributed by atoms with E-state index >= 15 is 0 Å². The van der Waals surface area contributed by atoms with Crippen LogP contribution in [0.15, 0.2) is 35.1 Å². The molecular weight excluding hydrogens is 270 g/mol. The molecule has 0 fully saturated rings. The van der Waals surface area contributed by atoms with Gasteiger partial charge in [-0.25, -0.2) is 0 Å². The van der Waals surface area contributed by atoms with Crippen molar-refractivity contribution in [2.45, 2.75) is 12.8 Å². The number of hydrogen-bond acceptors (Lipinski definition) is 5. The molecule has 0 aliphatic heterocycles. The molecule has 0 aliphatic rings. The molecule has 0 aliphatic carbocycles. The molecular formula is C15H15N3O3.